The average Bonchev–Trinajstić information content (AvgIpc) is 2.55. The quantitative estimate of drug-likeness (QED) is 0.574. The van der Waals surface area contributed by atoms with Gasteiger partial charge in [0.1, 0.15) is 5.69 Å². The molecule has 0 amide bonds. The summed E-state index contributed by atoms with van der Waals surface area (Å²) in [6.45, 7) is 3.48. The summed E-state index contributed by atoms with van der Waals surface area (Å²) in [6, 6.07) is 14.3. The van der Waals surface area contributed by atoms with E-state index >= 15 is 0 Å². The van der Waals surface area contributed by atoms with Crippen LogP contribution in [0.1, 0.15) is 18.2 Å². The third-order valence-electron chi connectivity index (χ3n) is 3.36. The molecule has 0 atom stereocenters. The maximum Gasteiger partial charge on any atom is 0.274 e. The topological polar surface area (TPSA) is 83.0 Å². The predicted molar refractivity (Wildman–Crippen MR) is 87.2 cm³/mol. The highest BCUT2D eigenvalue weighted by Crippen LogP contribution is 2.16. The van der Waals surface area contributed by atoms with Crippen molar-refractivity contribution in [1.29, 1.82) is 0 Å². The number of H-pyrrole nitrogens is 1. The van der Waals surface area contributed by atoms with Crippen molar-refractivity contribution in [2.24, 2.45) is 5.10 Å². The van der Waals surface area contributed by atoms with Crippen LogP contribution in [0.3, 0.4) is 0 Å². The van der Waals surface area contributed by atoms with Gasteiger partial charge in [0.2, 0.25) is 5.95 Å². The third kappa shape index (κ3) is 2.85. The molecule has 0 unspecified atom stereocenters. The number of nitrogens with zero attached hydrogens (tertiary/aromatic N) is 3. The van der Waals surface area contributed by atoms with Gasteiger partial charge in [0.25, 0.3) is 5.56 Å². The Labute approximate surface area is 126 Å². The Morgan fingerprint density at radius 3 is 2.68 bits per heavy atom. The van der Waals surface area contributed by atoms with Crippen LogP contribution >= 0.6 is 0 Å². The second kappa shape index (κ2) is 5.77. The molecule has 0 saturated carbocycles. The molecule has 6 nitrogen and oxygen atoms in total. The lowest BCUT2D eigenvalue weighted by Gasteiger charge is -2.04. The first-order chi connectivity index (χ1) is 10.6. The SMILES string of the molecule is CC(=NNc1nnc(C)c(=O)[nH]1)c1ccc2ccccc2c1. The van der Waals surface area contributed by atoms with E-state index in [4.69, 9.17) is 0 Å². The maximum atomic E-state index is 11.5. The molecule has 0 fully saturated rings. The van der Waals surface area contributed by atoms with E-state index in [2.05, 4.69) is 50.0 Å². The van der Waals surface area contributed by atoms with Gasteiger partial charge in [-0.3, -0.25) is 9.78 Å². The highest BCUT2D eigenvalue weighted by molar-refractivity contribution is 6.02. The largest absolute Gasteiger partial charge is 0.288 e. The van der Waals surface area contributed by atoms with Gasteiger partial charge in [0, 0.05) is 0 Å². The number of aromatic nitrogens is 3. The molecule has 0 radical (unpaired) electrons. The summed E-state index contributed by atoms with van der Waals surface area (Å²) in [4.78, 5) is 14.0. The summed E-state index contributed by atoms with van der Waals surface area (Å²) >= 11 is 0. The number of hydrogen-bond donors (Lipinski definition) is 2. The fourth-order valence-electron chi connectivity index (χ4n) is 2.06. The predicted octanol–water partition coefficient (Wildman–Crippen LogP) is 2.46. The zero-order valence-electron chi connectivity index (χ0n) is 12.3. The molecule has 3 aromatic rings. The van der Waals surface area contributed by atoms with Crippen molar-refractivity contribution >= 4 is 22.4 Å². The molecule has 2 N–H and O–H groups in total. The van der Waals surface area contributed by atoms with Gasteiger partial charge in [-0.2, -0.15) is 5.10 Å². The van der Waals surface area contributed by atoms with E-state index in [1.54, 1.807) is 6.92 Å². The second-order valence-electron chi connectivity index (χ2n) is 4.96. The van der Waals surface area contributed by atoms with Crippen molar-refractivity contribution < 1.29 is 0 Å². The van der Waals surface area contributed by atoms with Gasteiger partial charge in [0.15, 0.2) is 0 Å². The summed E-state index contributed by atoms with van der Waals surface area (Å²) in [5.74, 6) is 0.218. The van der Waals surface area contributed by atoms with Gasteiger partial charge in [-0.25, -0.2) is 5.43 Å². The third-order valence-corrected chi connectivity index (χ3v) is 3.36. The Morgan fingerprint density at radius 2 is 1.91 bits per heavy atom. The molecule has 6 heteroatoms. The Balaban J connectivity index is 1.86. The molecule has 110 valence electrons. The van der Waals surface area contributed by atoms with E-state index < -0.39 is 0 Å². The highest BCUT2D eigenvalue weighted by atomic mass is 16.1. The smallest absolute Gasteiger partial charge is 0.274 e. The molecular weight excluding hydrogens is 278 g/mol. The van der Waals surface area contributed by atoms with Gasteiger partial charge in [-0.1, -0.05) is 36.4 Å². The van der Waals surface area contributed by atoms with Crippen molar-refractivity contribution in [3.8, 4) is 0 Å². The number of aromatic amines is 1. The van der Waals surface area contributed by atoms with Gasteiger partial charge in [-0.05, 0) is 36.2 Å². The van der Waals surface area contributed by atoms with E-state index in [-0.39, 0.29) is 11.5 Å². The first kappa shape index (κ1) is 13.9. The molecule has 1 heterocycles. The van der Waals surface area contributed by atoms with E-state index in [0.29, 0.717) is 5.69 Å². The summed E-state index contributed by atoms with van der Waals surface area (Å²) in [5, 5.41) is 14.1. The van der Waals surface area contributed by atoms with Crippen LogP contribution in [0, 0.1) is 6.92 Å². The van der Waals surface area contributed by atoms with E-state index in [0.717, 1.165) is 16.7 Å². The minimum atomic E-state index is -0.281. The first-order valence-electron chi connectivity index (χ1n) is 6.86. The monoisotopic (exact) mass is 293 g/mol. The molecule has 0 spiro atoms. The number of anilines is 1. The fourth-order valence-corrected chi connectivity index (χ4v) is 2.06. The standard InChI is InChI=1S/C16H15N5O/c1-10(18-20-16-17-15(22)11(2)19-21-16)13-8-7-12-5-3-4-6-14(12)9-13/h3-9H,1-2H3,(H2,17,20,21,22). The Bertz CT molecular complexity index is 914. The summed E-state index contributed by atoms with van der Waals surface area (Å²) in [6.07, 6.45) is 0. The number of nitrogens with one attached hydrogen (secondary N) is 2. The minimum absolute atomic E-state index is 0.218. The molecule has 0 bridgehead atoms. The number of aryl methyl sites for hydroxylation is 1. The van der Waals surface area contributed by atoms with Crippen molar-refractivity contribution in [2.45, 2.75) is 13.8 Å². The van der Waals surface area contributed by atoms with Crippen molar-refractivity contribution in [2.75, 3.05) is 5.43 Å². The van der Waals surface area contributed by atoms with Gasteiger partial charge in [-0.15, -0.1) is 10.2 Å². The van der Waals surface area contributed by atoms with Crippen LogP contribution < -0.4 is 11.0 Å². The van der Waals surface area contributed by atoms with Gasteiger partial charge in [0.05, 0.1) is 5.71 Å². The Morgan fingerprint density at radius 1 is 1.14 bits per heavy atom. The minimum Gasteiger partial charge on any atom is -0.288 e. The van der Waals surface area contributed by atoms with Gasteiger partial charge >= 0.3 is 0 Å². The molecule has 0 aliphatic heterocycles. The van der Waals surface area contributed by atoms with Gasteiger partial charge < -0.3 is 0 Å². The number of hydrazone groups is 1. The summed E-state index contributed by atoms with van der Waals surface area (Å²) in [5.41, 5.74) is 4.54. The molecule has 0 aliphatic rings. The van der Waals surface area contributed by atoms with Crippen LogP contribution in [0.15, 0.2) is 52.4 Å². The van der Waals surface area contributed by atoms with Crippen LogP contribution in [0.4, 0.5) is 5.95 Å². The summed E-state index contributed by atoms with van der Waals surface area (Å²) in [7, 11) is 0. The molecule has 3 rings (SSSR count). The zero-order valence-corrected chi connectivity index (χ0v) is 12.3. The molecule has 0 saturated heterocycles. The normalized spacial score (nSPS) is 11.6. The zero-order chi connectivity index (χ0) is 15.5. The van der Waals surface area contributed by atoms with Crippen LogP contribution in [0.5, 0.6) is 0 Å². The lowest BCUT2D eigenvalue weighted by atomic mass is 10.0. The van der Waals surface area contributed by atoms with Crippen molar-refractivity contribution in [1.82, 2.24) is 15.2 Å². The number of benzene rings is 2. The summed E-state index contributed by atoms with van der Waals surface area (Å²) < 4.78 is 0. The van der Waals surface area contributed by atoms with Crippen molar-refractivity contribution in [3.63, 3.8) is 0 Å². The van der Waals surface area contributed by atoms with E-state index in [1.165, 1.54) is 5.39 Å². The maximum absolute atomic E-state index is 11.5. The Kier molecular flexibility index (Phi) is 3.65. The molecule has 1 aromatic heterocycles. The number of rotatable bonds is 3. The Hall–Kier alpha value is -3.02. The molecule has 2 aromatic carbocycles. The highest BCUT2D eigenvalue weighted by Gasteiger charge is 2.01. The first-order valence-corrected chi connectivity index (χ1v) is 6.86. The van der Waals surface area contributed by atoms with E-state index in [9.17, 15) is 4.79 Å². The fraction of sp³-hybridized carbons (Fsp3) is 0.125. The molecule has 0 aliphatic carbocycles. The van der Waals surface area contributed by atoms with Crippen LogP contribution in [0.25, 0.3) is 10.8 Å². The second-order valence-corrected chi connectivity index (χ2v) is 4.96. The lowest BCUT2D eigenvalue weighted by Crippen LogP contribution is -2.16. The van der Waals surface area contributed by atoms with Crippen LogP contribution in [-0.2, 0) is 0 Å². The molecule has 22 heavy (non-hydrogen) atoms. The van der Waals surface area contributed by atoms with Crippen molar-refractivity contribution in [3.05, 3.63) is 64.1 Å². The lowest BCUT2D eigenvalue weighted by molar-refractivity contribution is 0.897. The average molecular weight is 293 g/mol. The molecular formula is C16H15N5O. The number of fused-ring (bicyclic) bond motifs is 1. The van der Waals surface area contributed by atoms with Crippen LogP contribution in [0.2, 0.25) is 0 Å². The van der Waals surface area contributed by atoms with E-state index in [1.807, 2.05) is 25.1 Å². The van der Waals surface area contributed by atoms with Crippen LogP contribution in [-0.4, -0.2) is 20.9 Å². The number of hydrogen-bond acceptors (Lipinski definition) is 5.